The number of benzene rings is 2. The Labute approximate surface area is 154 Å². The summed E-state index contributed by atoms with van der Waals surface area (Å²) in [6.45, 7) is 3.35. The van der Waals surface area contributed by atoms with Gasteiger partial charge in [0.1, 0.15) is 5.82 Å². The Morgan fingerprint density at radius 2 is 1.73 bits per heavy atom. The molecular formula is C21H26FN3O. The van der Waals surface area contributed by atoms with Crippen LogP contribution in [0.15, 0.2) is 54.6 Å². The van der Waals surface area contributed by atoms with Crippen LogP contribution in [0.2, 0.25) is 0 Å². The zero-order valence-electron chi connectivity index (χ0n) is 15.0. The monoisotopic (exact) mass is 355 g/mol. The van der Waals surface area contributed by atoms with Gasteiger partial charge in [-0.15, -0.1) is 0 Å². The molecule has 0 aromatic heterocycles. The van der Waals surface area contributed by atoms with E-state index >= 15 is 0 Å². The first-order chi connectivity index (χ1) is 12.7. The molecule has 0 aliphatic carbocycles. The third-order valence-electron chi connectivity index (χ3n) is 4.81. The van der Waals surface area contributed by atoms with Crippen molar-refractivity contribution in [2.24, 2.45) is 0 Å². The molecule has 0 spiro atoms. The lowest BCUT2D eigenvalue weighted by Gasteiger charge is -2.32. The zero-order valence-corrected chi connectivity index (χ0v) is 15.0. The molecule has 5 heteroatoms. The third-order valence-corrected chi connectivity index (χ3v) is 4.81. The second kappa shape index (κ2) is 9.34. The van der Waals surface area contributed by atoms with Gasteiger partial charge < -0.3 is 10.6 Å². The molecule has 1 aliphatic heterocycles. The summed E-state index contributed by atoms with van der Waals surface area (Å²) in [5.41, 5.74) is 1.95. The highest BCUT2D eigenvalue weighted by atomic mass is 19.1. The molecule has 138 valence electrons. The number of rotatable bonds is 6. The Bertz CT molecular complexity index is 699. The minimum atomic E-state index is -0.222. The van der Waals surface area contributed by atoms with Gasteiger partial charge in [0.15, 0.2) is 0 Å². The van der Waals surface area contributed by atoms with Crippen LogP contribution in [0.3, 0.4) is 0 Å². The van der Waals surface area contributed by atoms with Crippen molar-refractivity contribution in [1.82, 2.24) is 15.5 Å². The van der Waals surface area contributed by atoms with Crippen LogP contribution in [-0.4, -0.2) is 36.6 Å². The number of halogens is 1. The van der Waals surface area contributed by atoms with Gasteiger partial charge in [0.05, 0.1) is 0 Å². The molecule has 2 aromatic rings. The molecule has 1 saturated heterocycles. The smallest absolute Gasteiger partial charge is 0.315 e. The molecule has 0 unspecified atom stereocenters. The summed E-state index contributed by atoms with van der Waals surface area (Å²) in [5, 5.41) is 5.86. The first kappa shape index (κ1) is 18.4. The molecule has 1 fully saturated rings. The Kier molecular flexibility index (Phi) is 6.61. The van der Waals surface area contributed by atoms with E-state index in [9.17, 15) is 9.18 Å². The second-order valence-corrected chi connectivity index (χ2v) is 6.78. The normalized spacial score (nSPS) is 15.6. The SMILES string of the molecule is O=C(NCCc1ccccc1F)NC1CCN(Cc2ccccc2)CC1. The number of hydrogen-bond acceptors (Lipinski definition) is 2. The van der Waals surface area contributed by atoms with Gasteiger partial charge >= 0.3 is 6.03 Å². The third kappa shape index (κ3) is 5.56. The molecule has 2 aromatic carbocycles. The standard InChI is InChI=1S/C21H26FN3O/c22-20-9-5-4-8-18(20)10-13-23-21(26)24-19-11-14-25(15-12-19)16-17-6-2-1-3-7-17/h1-9,19H,10-16H2,(H2,23,24,26). The summed E-state index contributed by atoms with van der Waals surface area (Å²) in [6.07, 6.45) is 2.40. The summed E-state index contributed by atoms with van der Waals surface area (Å²) in [5.74, 6) is -0.222. The van der Waals surface area contributed by atoms with Crippen molar-refractivity contribution in [3.8, 4) is 0 Å². The molecular weight excluding hydrogens is 329 g/mol. The molecule has 3 rings (SSSR count). The number of urea groups is 1. The fraction of sp³-hybridized carbons (Fsp3) is 0.381. The number of carbonyl (C=O) groups excluding carboxylic acids is 1. The number of piperidine rings is 1. The van der Waals surface area contributed by atoms with Crippen LogP contribution in [-0.2, 0) is 13.0 Å². The highest BCUT2D eigenvalue weighted by Crippen LogP contribution is 2.13. The fourth-order valence-electron chi connectivity index (χ4n) is 3.33. The van der Waals surface area contributed by atoms with Gasteiger partial charge in [-0.1, -0.05) is 48.5 Å². The lowest BCUT2D eigenvalue weighted by atomic mass is 10.0. The van der Waals surface area contributed by atoms with Crippen LogP contribution < -0.4 is 10.6 Å². The molecule has 26 heavy (non-hydrogen) atoms. The van der Waals surface area contributed by atoms with E-state index in [-0.39, 0.29) is 17.9 Å². The van der Waals surface area contributed by atoms with E-state index in [2.05, 4.69) is 39.8 Å². The summed E-state index contributed by atoms with van der Waals surface area (Å²) < 4.78 is 13.5. The van der Waals surface area contributed by atoms with Crippen LogP contribution in [0.1, 0.15) is 24.0 Å². The van der Waals surface area contributed by atoms with E-state index in [1.807, 2.05) is 12.1 Å². The Morgan fingerprint density at radius 1 is 1.04 bits per heavy atom. The highest BCUT2D eigenvalue weighted by Gasteiger charge is 2.20. The van der Waals surface area contributed by atoms with E-state index < -0.39 is 0 Å². The Balaban J connectivity index is 1.34. The van der Waals surface area contributed by atoms with E-state index in [1.54, 1.807) is 12.1 Å². The van der Waals surface area contributed by atoms with Gasteiger partial charge in [0.25, 0.3) is 0 Å². The number of amides is 2. The van der Waals surface area contributed by atoms with Gasteiger partial charge in [0.2, 0.25) is 0 Å². The van der Waals surface area contributed by atoms with Crippen LogP contribution >= 0.6 is 0 Å². The maximum atomic E-state index is 13.5. The lowest BCUT2D eigenvalue weighted by Crippen LogP contribution is -2.48. The van der Waals surface area contributed by atoms with Crippen molar-refractivity contribution in [3.63, 3.8) is 0 Å². The van der Waals surface area contributed by atoms with Crippen molar-refractivity contribution < 1.29 is 9.18 Å². The number of nitrogens with zero attached hydrogens (tertiary/aromatic N) is 1. The van der Waals surface area contributed by atoms with Gasteiger partial charge in [0, 0.05) is 32.2 Å². The van der Waals surface area contributed by atoms with Crippen LogP contribution in [0.5, 0.6) is 0 Å². The first-order valence-electron chi connectivity index (χ1n) is 9.25. The molecule has 0 atom stereocenters. The predicted octanol–water partition coefficient (Wildman–Crippen LogP) is 3.33. The molecule has 2 amide bonds. The van der Waals surface area contributed by atoms with E-state index in [4.69, 9.17) is 0 Å². The Hall–Kier alpha value is -2.40. The molecule has 0 bridgehead atoms. The molecule has 4 nitrogen and oxygen atoms in total. The molecule has 1 aliphatic rings. The fourth-order valence-corrected chi connectivity index (χ4v) is 3.33. The zero-order chi connectivity index (χ0) is 18.2. The van der Waals surface area contributed by atoms with E-state index in [0.29, 0.717) is 18.5 Å². The average Bonchev–Trinajstić information content (AvgIpc) is 2.66. The Morgan fingerprint density at radius 3 is 2.46 bits per heavy atom. The molecule has 0 radical (unpaired) electrons. The van der Waals surface area contributed by atoms with Gasteiger partial charge in [-0.05, 0) is 36.5 Å². The van der Waals surface area contributed by atoms with Crippen molar-refractivity contribution in [3.05, 3.63) is 71.5 Å². The van der Waals surface area contributed by atoms with Crippen molar-refractivity contribution in [2.75, 3.05) is 19.6 Å². The minimum Gasteiger partial charge on any atom is -0.338 e. The summed E-state index contributed by atoms with van der Waals surface area (Å²) in [4.78, 5) is 14.4. The van der Waals surface area contributed by atoms with Crippen LogP contribution in [0.4, 0.5) is 9.18 Å². The maximum absolute atomic E-state index is 13.5. The maximum Gasteiger partial charge on any atom is 0.315 e. The second-order valence-electron chi connectivity index (χ2n) is 6.78. The van der Waals surface area contributed by atoms with Gasteiger partial charge in [-0.25, -0.2) is 9.18 Å². The average molecular weight is 355 g/mol. The molecule has 2 N–H and O–H groups in total. The quantitative estimate of drug-likeness (QED) is 0.835. The largest absolute Gasteiger partial charge is 0.338 e. The van der Waals surface area contributed by atoms with Crippen molar-refractivity contribution >= 4 is 6.03 Å². The molecule has 1 heterocycles. The summed E-state index contributed by atoms with van der Waals surface area (Å²) in [7, 11) is 0. The van der Waals surface area contributed by atoms with E-state index in [1.165, 1.54) is 11.6 Å². The molecule has 0 saturated carbocycles. The topological polar surface area (TPSA) is 44.4 Å². The van der Waals surface area contributed by atoms with Crippen LogP contribution in [0, 0.1) is 5.82 Å². The van der Waals surface area contributed by atoms with Gasteiger partial charge in [-0.2, -0.15) is 0 Å². The minimum absolute atomic E-state index is 0.164. The van der Waals surface area contributed by atoms with Crippen LogP contribution in [0.25, 0.3) is 0 Å². The number of carbonyl (C=O) groups is 1. The van der Waals surface area contributed by atoms with E-state index in [0.717, 1.165) is 32.5 Å². The lowest BCUT2D eigenvalue weighted by molar-refractivity contribution is 0.186. The number of hydrogen-bond donors (Lipinski definition) is 2. The number of nitrogens with one attached hydrogen (secondary N) is 2. The predicted molar refractivity (Wildman–Crippen MR) is 101 cm³/mol. The van der Waals surface area contributed by atoms with Crippen molar-refractivity contribution in [2.45, 2.75) is 31.8 Å². The first-order valence-corrected chi connectivity index (χ1v) is 9.25. The summed E-state index contributed by atoms with van der Waals surface area (Å²) >= 11 is 0. The summed E-state index contributed by atoms with van der Waals surface area (Å²) in [6, 6.07) is 17.2. The van der Waals surface area contributed by atoms with Gasteiger partial charge in [-0.3, -0.25) is 4.90 Å². The number of likely N-dealkylation sites (tertiary alicyclic amines) is 1. The highest BCUT2D eigenvalue weighted by molar-refractivity contribution is 5.74. The van der Waals surface area contributed by atoms with Crippen molar-refractivity contribution in [1.29, 1.82) is 0 Å².